The SMILES string of the molecule is Cn1c(OC2CCC(=O)NC2=O)nc2cccc(OC[C@@H]3CN(C(=O)O)CCO3)c21. The van der Waals surface area contributed by atoms with Crippen molar-refractivity contribution in [2.24, 2.45) is 7.05 Å². The van der Waals surface area contributed by atoms with Crippen LogP contribution in [0.4, 0.5) is 4.79 Å². The van der Waals surface area contributed by atoms with Gasteiger partial charge in [-0.3, -0.25) is 19.5 Å². The Kier molecular flexibility index (Phi) is 5.44. The average Bonchev–Trinajstić information content (AvgIpc) is 3.05. The summed E-state index contributed by atoms with van der Waals surface area (Å²) in [4.78, 5) is 40.2. The van der Waals surface area contributed by atoms with E-state index in [1.54, 1.807) is 29.8 Å². The summed E-state index contributed by atoms with van der Waals surface area (Å²) in [5.74, 6) is -0.254. The van der Waals surface area contributed by atoms with E-state index in [0.717, 1.165) is 0 Å². The zero-order chi connectivity index (χ0) is 21.3. The quantitative estimate of drug-likeness (QED) is 0.672. The van der Waals surface area contributed by atoms with E-state index in [2.05, 4.69) is 10.3 Å². The normalized spacial score (nSPS) is 22.1. The Balaban J connectivity index is 1.49. The number of aromatic nitrogens is 2. The molecule has 160 valence electrons. The molecule has 30 heavy (non-hydrogen) atoms. The number of benzene rings is 1. The number of nitrogens with one attached hydrogen (secondary N) is 1. The first-order chi connectivity index (χ1) is 14.4. The van der Waals surface area contributed by atoms with Crippen LogP contribution >= 0.6 is 0 Å². The number of para-hydroxylation sites is 1. The summed E-state index contributed by atoms with van der Waals surface area (Å²) in [6.07, 6.45) is -1.65. The monoisotopic (exact) mass is 418 g/mol. The van der Waals surface area contributed by atoms with Crippen molar-refractivity contribution in [3.05, 3.63) is 18.2 Å². The number of carbonyl (C=O) groups is 3. The summed E-state index contributed by atoms with van der Waals surface area (Å²) >= 11 is 0. The van der Waals surface area contributed by atoms with Gasteiger partial charge in [0.1, 0.15) is 24.0 Å². The number of hydrogen-bond acceptors (Lipinski definition) is 7. The van der Waals surface area contributed by atoms with Gasteiger partial charge in [0.05, 0.1) is 18.7 Å². The van der Waals surface area contributed by atoms with Crippen molar-refractivity contribution in [2.75, 3.05) is 26.3 Å². The second kappa shape index (κ2) is 8.19. The van der Waals surface area contributed by atoms with Gasteiger partial charge in [-0.1, -0.05) is 6.07 Å². The topological polar surface area (TPSA) is 132 Å². The van der Waals surface area contributed by atoms with Crippen molar-refractivity contribution in [1.29, 1.82) is 0 Å². The average molecular weight is 418 g/mol. The molecular formula is C19H22N4O7. The summed E-state index contributed by atoms with van der Waals surface area (Å²) < 4.78 is 19.0. The highest BCUT2D eigenvalue weighted by atomic mass is 16.5. The van der Waals surface area contributed by atoms with Gasteiger partial charge < -0.3 is 24.2 Å². The largest absolute Gasteiger partial charge is 0.489 e. The molecule has 11 nitrogen and oxygen atoms in total. The van der Waals surface area contributed by atoms with Gasteiger partial charge in [0.2, 0.25) is 5.91 Å². The molecule has 2 aliphatic rings. The molecule has 0 spiro atoms. The third kappa shape index (κ3) is 4.01. The first-order valence-electron chi connectivity index (χ1n) is 9.60. The van der Waals surface area contributed by atoms with Gasteiger partial charge in [0, 0.05) is 26.4 Å². The Bertz CT molecular complexity index is 989. The molecule has 0 bridgehead atoms. The molecule has 2 atom stereocenters. The number of rotatable bonds is 5. The second-order valence-corrected chi connectivity index (χ2v) is 7.17. The van der Waals surface area contributed by atoms with E-state index in [1.165, 1.54) is 4.90 Å². The molecule has 2 N–H and O–H groups in total. The number of morpholine rings is 1. The van der Waals surface area contributed by atoms with Crippen LogP contribution in [0.5, 0.6) is 11.8 Å². The highest BCUT2D eigenvalue weighted by molar-refractivity contribution is 5.99. The molecule has 3 amide bonds. The third-order valence-electron chi connectivity index (χ3n) is 5.09. The van der Waals surface area contributed by atoms with Crippen LogP contribution in [0.3, 0.4) is 0 Å². The number of carboxylic acid groups (broad SMARTS) is 1. The number of imide groups is 1. The van der Waals surface area contributed by atoms with Crippen molar-refractivity contribution in [2.45, 2.75) is 25.0 Å². The molecule has 1 unspecified atom stereocenters. The van der Waals surface area contributed by atoms with Gasteiger partial charge >= 0.3 is 6.09 Å². The first-order valence-corrected chi connectivity index (χ1v) is 9.60. The molecule has 3 heterocycles. The molecule has 4 rings (SSSR count). The Morgan fingerprint density at radius 2 is 2.23 bits per heavy atom. The summed E-state index contributed by atoms with van der Waals surface area (Å²) in [6, 6.07) is 5.59. The van der Waals surface area contributed by atoms with E-state index in [9.17, 15) is 14.4 Å². The van der Waals surface area contributed by atoms with Crippen LogP contribution in [-0.2, 0) is 21.4 Å². The van der Waals surface area contributed by atoms with Crippen LogP contribution in [0.15, 0.2) is 18.2 Å². The molecule has 2 saturated heterocycles. The predicted molar refractivity (Wildman–Crippen MR) is 102 cm³/mol. The molecule has 1 aromatic carbocycles. The standard InChI is InChI=1S/C19H22N4O7/c1-22-16-12(20-18(22)30-14-5-6-15(24)21-17(14)25)3-2-4-13(16)29-10-11-9-23(19(26)27)7-8-28-11/h2-4,11,14H,5-10H2,1H3,(H,26,27)(H,21,24,25)/t11-,14?/m0/s1. The molecule has 2 fully saturated rings. The highest BCUT2D eigenvalue weighted by Gasteiger charge is 2.30. The second-order valence-electron chi connectivity index (χ2n) is 7.17. The molecular weight excluding hydrogens is 396 g/mol. The number of piperidine rings is 1. The summed E-state index contributed by atoms with van der Waals surface area (Å²) in [7, 11) is 1.74. The van der Waals surface area contributed by atoms with Crippen LogP contribution in [-0.4, -0.2) is 76.0 Å². The number of hydrogen-bond donors (Lipinski definition) is 2. The van der Waals surface area contributed by atoms with Crippen LogP contribution in [0.2, 0.25) is 0 Å². The molecule has 2 aromatic rings. The molecule has 2 aliphatic heterocycles. The fourth-order valence-corrected chi connectivity index (χ4v) is 3.52. The lowest BCUT2D eigenvalue weighted by molar-refractivity contribution is -0.139. The van der Waals surface area contributed by atoms with Gasteiger partial charge in [0.15, 0.2) is 6.10 Å². The summed E-state index contributed by atoms with van der Waals surface area (Å²) in [5.41, 5.74) is 1.29. The van der Waals surface area contributed by atoms with E-state index >= 15 is 0 Å². The molecule has 11 heteroatoms. The Labute approximate surface area is 171 Å². The number of nitrogens with zero attached hydrogens (tertiary/aromatic N) is 3. The Morgan fingerprint density at radius 1 is 1.40 bits per heavy atom. The summed E-state index contributed by atoms with van der Waals surface area (Å²) in [5, 5.41) is 11.4. The van der Waals surface area contributed by atoms with Crippen molar-refractivity contribution in [3.8, 4) is 11.8 Å². The maximum absolute atomic E-state index is 12.0. The lowest BCUT2D eigenvalue weighted by atomic mass is 10.1. The van der Waals surface area contributed by atoms with Gasteiger partial charge in [0.25, 0.3) is 11.9 Å². The number of imidazole rings is 1. The van der Waals surface area contributed by atoms with Crippen LogP contribution in [0.1, 0.15) is 12.8 Å². The van der Waals surface area contributed by atoms with E-state index < -0.39 is 18.1 Å². The maximum atomic E-state index is 12.0. The fourth-order valence-electron chi connectivity index (χ4n) is 3.52. The van der Waals surface area contributed by atoms with Crippen LogP contribution in [0, 0.1) is 0 Å². The molecule has 1 aromatic heterocycles. The zero-order valence-corrected chi connectivity index (χ0v) is 16.4. The Morgan fingerprint density at radius 3 is 3.00 bits per heavy atom. The number of carbonyl (C=O) groups excluding carboxylic acids is 2. The molecule has 0 aliphatic carbocycles. The van der Waals surface area contributed by atoms with E-state index in [0.29, 0.717) is 29.9 Å². The van der Waals surface area contributed by atoms with E-state index in [-0.39, 0.29) is 44.0 Å². The third-order valence-corrected chi connectivity index (χ3v) is 5.09. The molecule has 0 radical (unpaired) electrons. The maximum Gasteiger partial charge on any atom is 0.407 e. The minimum atomic E-state index is -0.979. The number of fused-ring (bicyclic) bond motifs is 1. The van der Waals surface area contributed by atoms with E-state index in [1.807, 2.05) is 0 Å². The lowest BCUT2D eigenvalue weighted by Gasteiger charge is -2.30. The van der Waals surface area contributed by atoms with Gasteiger partial charge in [-0.2, -0.15) is 4.98 Å². The zero-order valence-electron chi connectivity index (χ0n) is 16.4. The minimum absolute atomic E-state index is 0.178. The smallest absolute Gasteiger partial charge is 0.407 e. The van der Waals surface area contributed by atoms with Gasteiger partial charge in [-0.15, -0.1) is 0 Å². The number of aryl methyl sites for hydroxylation is 1. The number of ether oxygens (including phenoxy) is 3. The minimum Gasteiger partial charge on any atom is -0.489 e. The van der Waals surface area contributed by atoms with Crippen molar-refractivity contribution in [3.63, 3.8) is 0 Å². The number of amides is 3. The van der Waals surface area contributed by atoms with Crippen molar-refractivity contribution in [1.82, 2.24) is 19.8 Å². The van der Waals surface area contributed by atoms with Gasteiger partial charge in [-0.05, 0) is 12.1 Å². The van der Waals surface area contributed by atoms with Crippen molar-refractivity contribution < 1.29 is 33.7 Å². The van der Waals surface area contributed by atoms with E-state index in [4.69, 9.17) is 19.3 Å². The lowest BCUT2D eigenvalue weighted by Crippen LogP contribution is -2.47. The Hall–Kier alpha value is -3.34. The van der Waals surface area contributed by atoms with Crippen LogP contribution < -0.4 is 14.8 Å². The highest BCUT2D eigenvalue weighted by Crippen LogP contribution is 2.30. The van der Waals surface area contributed by atoms with Crippen molar-refractivity contribution >= 4 is 28.9 Å². The summed E-state index contributed by atoms with van der Waals surface area (Å²) in [6.45, 7) is 1.07. The van der Waals surface area contributed by atoms with Gasteiger partial charge in [-0.25, -0.2) is 4.79 Å². The fraction of sp³-hybridized carbons (Fsp3) is 0.474. The first kappa shape index (κ1) is 20.0. The van der Waals surface area contributed by atoms with Crippen LogP contribution in [0.25, 0.3) is 11.0 Å². The predicted octanol–water partition coefficient (Wildman–Crippen LogP) is 0.515. The molecule has 0 saturated carbocycles.